The molecule has 30 heavy (non-hydrogen) atoms. The Morgan fingerprint density at radius 2 is 1.97 bits per heavy atom. The van der Waals surface area contributed by atoms with Crippen LogP contribution in [0.4, 0.5) is 5.69 Å². The second kappa shape index (κ2) is 9.75. The van der Waals surface area contributed by atoms with Crippen LogP contribution in [-0.4, -0.2) is 29.2 Å². The van der Waals surface area contributed by atoms with Crippen molar-refractivity contribution in [2.75, 3.05) is 13.6 Å². The molecule has 0 fully saturated rings. The number of hydrogen-bond donors (Lipinski definition) is 0. The molecule has 0 radical (unpaired) electrons. The average Bonchev–Trinajstić information content (AvgIpc) is 3.12. The molecule has 3 aromatic rings. The lowest BCUT2D eigenvalue weighted by molar-refractivity contribution is 0.491. The highest BCUT2D eigenvalue weighted by atomic mass is 35.5. The fourth-order valence-corrected chi connectivity index (χ4v) is 3.80. The summed E-state index contributed by atoms with van der Waals surface area (Å²) < 4.78 is 10.5. The maximum absolute atomic E-state index is 9.70. The van der Waals surface area contributed by atoms with Crippen LogP contribution < -0.4 is 4.74 Å². The lowest BCUT2D eigenvalue weighted by Crippen LogP contribution is -2.16. The van der Waals surface area contributed by atoms with Crippen molar-refractivity contribution in [3.05, 3.63) is 58.1 Å². The van der Waals surface area contributed by atoms with Gasteiger partial charge in [-0.2, -0.15) is 9.64 Å². The number of aryl methyl sites for hydroxylation is 2. The number of nitriles is 1. The average molecular weight is 439 g/mol. The number of rotatable bonds is 7. The quantitative estimate of drug-likeness (QED) is 0.302. The van der Waals surface area contributed by atoms with Crippen molar-refractivity contribution in [1.82, 2.24) is 9.27 Å². The van der Waals surface area contributed by atoms with E-state index in [-0.39, 0.29) is 0 Å². The molecule has 0 atom stereocenters. The summed E-state index contributed by atoms with van der Waals surface area (Å²) in [5.41, 5.74) is 4.69. The molecule has 1 aromatic heterocycles. The molecule has 0 aliphatic heterocycles. The smallest absolute Gasteiger partial charge is 0.218 e. The lowest BCUT2D eigenvalue weighted by atomic mass is 10.1. The molecule has 0 saturated carbocycles. The first-order valence-electron chi connectivity index (χ1n) is 9.62. The number of benzene rings is 2. The van der Waals surface area contributed by atoms with E-state index in [2.05, 4.69) is 27.3 Å². The van der Waals surface area contributed by atoms with Crippen molar-refractivity contribution >= 4 is 35.2 Å². The van der Waals surface area contributed by atoms with Gasteiger partial charge in [-0.1, -0.05) is 30.7 Å². The molecule has 0 unspecified atom stereocenters. The van der Waals surface area contributed by atoms with Crippen molar-refractivity contribution in [1.29, 1.82) is 5.26 Å². The molecule has 0 saturated heterocycles. The van der Waals surface area contributed by atoms with Gasteiger partial charge in [-0.25, -0.2) is 4.99 Å². The van der Waals surface area contributed by atoms with Crippen molar-refractivity contribution in [3.63, 3.8) is 0 Å². The Morgan fingerprint density at radius 3 is 2.63 bits per heavy atom. The number of aromatic nitrogens is 1. The van der Waals surface area contributed by atoms with E-state index >= 15 is 0 Å². The zero-order chi connectivity index (χ0) is 21.7. The molecule has 2 aromatic carbocycles. The number of nitrogens with zero attached hydrogens (tertiary/aromatic N) is 4. The predicted octanol–water partition coefficient (Wildman–Crippen LogP) is 6.75. The van der Waals surface area contributed by atoms with Gasteiger partial charge in [0.05, 0.1) is 12.0 Å². The Morgan fingerprint density at radius 1 is 1.23 bits per heavy atom. The molecular formula is C23H23ClN4OS. The van der Waals surface area contributed by atoms with Gasteiger partial charge in [0.1, 0.15) is 23.1 Å². The van der Waals surface area contributed by atoms with Gasteiger partial charge in [0, 0.05) is 35.7 Å². The van der Waals surface area contributed by atoms with E-state index < -0.39 is 0 Å². The standard InChI is InChI=1S/C23H23ClN4OS/c1-5-10-28(4)14-26-20-11-16(3)21(12-15(20)2)29-23-19(13-25)22(27-30-23)17-6-8-18(24)9-7-17/h6-9,11-12,14H,5,10H2,1-4H3/b26-14-. The van der Waals surface area contributed by atoms with Crippen molar-refractivity contribution in [2.45, 2.75) is 27.2 Å². The summed E-state index contributed by atoms with van der Waals surface area (Å²) in [7, 11) is 2.01. The van der Waals surface area contributed by atoms with E-state index in [9.17, 15) is 5.26 Å². The number of halogens is 1. The molecule has 5 nitrogen and oxygen atoms in total. The van der Waals surface area contributed by atoms with E-state index in [1.54, 1.807) is 12.1 Å². The van der Waals surface area contributed by atoms with Crippen LogP contribution in [0, 0.1) is 25.2 Å². The molecule has 0 spiro atoms. The minimum absolute atomic E-state index is 0.419. The van der Waals surface area contributed by atoms with Gasteiger partial charge in [0.25, 0.3) is 0 Å². The summed E-state index contributed by atoms with van der Waals surface area (Å²) in [6.45, 7) is 7.06. The third-order valence-corrected chi connectivity index (χ3v) is 5.54. The minimum Gasteiger partial charge on any atom is -0.443 e. The van der Waals surface area contributed by atoms with Crippen LogP contribution in [0.3, 0.4) is 0 Å². The monoisotopic (exact) mass is 438 g/mol. The number of hydrogen-bond acceptors (Lipinski definition) is 5. The van der Waals surface area contributed by atoms with E-state index in [0.717, 1.165) is 35.3 Å². The Balaban J connectivity index is 1.87. The molecule has 3 rings (SSSR count). The highest BCUT2D eigenvalue weighted by molar-refractivity contribution is 7.08. The van der Waals surface area contributed by atoms with Gasteiger partial charge in [0.2, 0.25) is 5.06 Å². The first-order valence-corrected chi connectivity index (χ1v) is 10.8. The molecule has 0 amide bonds. The normalized spacial score (nSPS) is 10.9. The van der Waals surface area contributed by atoms with Gasteiger partial charge in [-0.3, -0.25) is 0 Å². The van der Waals surface area contributed by atoms with Crippen LogP contribution in [0.25, 0.3) is 11.3 Å². The topological polar surface area (TPSA) is 61.5 Å². The van der Waals surface area contributed by atoms with E-state index in [0.29, 0.717) is 27.1 Å². The second-order valence-corrected chi connectivity index (χ2v) is 8.22. The summed E-state index contributed by atoms with van der Waals surface area (Å²) in [5.74, 6) is 0.691. The Bertz CT molecular complexity index is 1100. The molecule has 154 valence electrons. The second-order valence-electron chi connectivity index (χ2n) is 7.04. The molecule has 1 heterocycles. The van der Waals surface area contributed by atoms with Crippen LogP contribution in [-0.2, 0) is 0 Å². The van der Waals surface area contributed by atoms with E-state index in [4.69, 9.17) is 16.3 Å². The zero-order valence-electron chi connectivity index (χ0n) is 17.4. The van der Waals surface area contributed by atoms with Gasteiger partial charge < -0.3 is 9.64 Å². The van der Waals surface area contributed by atoms with Gasteiger partial charge in [-0.05, 0) is 55.7 Å². The summed E-state index contributed by atoms with van der Waals surface area (Å²) in [4.78, 5) is 6.65. The highest BCUT2D eigenvalue weighted by Crippen LogP contribution is 2.39. The van der Waals surface area contributed by atoms with Crippen molar-refractivity contribution < 1.29 is 4.74 Å². The lowest BCUT2D eigenvalue weighted by Gasteiger charge is -2.13. The van der Waals surface area contributed by atoms with E-state index in [1.807, 2.05) is 51.5 Å². The maximum atomic E-state index is 9.70. The van der Waals surface area contributed by atoms with Crippen LogP contribution >= 0.6 is 23.1 Å². The summed E-state index contributed by atoms with van der Waals surface area (Å²) in [5, 5.41) is 10.8. The molecular weight excluding hydrogens is 416 g/mol. The Kier molecular flexibility index (Phi) is 7.09. The number of aliphatic imine (C=N–C) groups is 1. The van der Waals surface area contributed by atoms with Gasteiger partial charge in [0.15, 0.2) is 0 Å². The van der Waals surface area contributed by atoms with Crippen LogP contribution in [0.1, 0.15) is 30.0 Å². The predicted molar refractivity (Wildman–Crippen MR) is 124 cm³/mol. The molecule has 0 aliphatic carbocycles. The maximum Gasteiger partial charge on any atom is 0.218 e. The highest BCUT2D eigenvalue weighted by Gasteiger charge is 2.18. The summed E-state index contributed by atoms with van der Waals surface area (Å²) in [6.07, 6.45) is 2.92. The molecule has 0 aliphatic rings. The molecule has 0 bridgehead atoms. The summed E-state index contributed by atoms with van der Waals surface area (Å²) >= 11 is 7.13. The van der Waals surface area contributed by atoms with Crippen molar-refractivity contribution in [2.24, 2.45) is 4.99 Å². The fourth-order valence-electron chi connectivity index (χ4n) is 2.94. The first kappa shape index (κ1) is 21.8. The molecule has 7 heteroatoms. The Hall–Kier alpha value is -2.88. The van der Waals surface area contributed by atoms with Crippen LogP contribution in [0.5, 0.6) is 10.8 Å². The molecule has 0 N–H and O–H groups in total. The Labute approximate surface area is 186 Å². The van der Waals surface area contributed by atoms with Crippen molar-refractivity contribution in [3.8, 4) is 28.1 Å². The van der Waals surface area contributed by atoms with Gasteiger partial charge in [-0.15, -0.1) is 0 Å². The van der Waals surface area contributed by atoms with Crippen LogP contribution in [0.2, 0.25) is 5.02 Å². The van der Waals surface area contributed by atoms with Crippen LogP contribution in [0.15, 0.2) is 41.4 Å². The largest absolute Gasteiger partial charge is 0.443 e. The third kappa shape index (κ3) is 4.99. The zero-order valence-corrected chi connectivity index (χ0v) is 19.0. The minimum atomic E-state index is 0.419. The SMILES string of the molecule is CCCN(C)/C=N\c1cc(C)c(Oc2snc(-c3ccc(Cl)cc3)c2C#N)cc1C. The fraction of sp³-hybridized carbons (Fsp3) is 0.261. The van der Waals surface area contributed by atoms with Gasteiger partial charge >= 0.3 is 0 Å². The number of ether oxygens (including phenoxy) is 1. The third-order valence-electron chi connectivity index (χ3n) is 4.56. The van der Waals surface area contributed by atoms with E-state index in [1.165, 1.54) is 11.5 Å². The summed E-state index contributed by atoms with van der Waals surface area (Å²) in [6, 6.07) is 13.4. The first-order chi connectivity index (χ1) is 14.4.